The third-order valence-electron chi connectivity index (χ3n) is 5.35. The van der Waals surface area contributed by atoms with Crippen molar-refractivity contribution in [2.45, 2.75) is 9.79 Å². The summed E-state index contributed by atoms with van der Waals surface area (Å²) in [6.07, 6.45) is 0. The van der Waals surface area contributed by atoms with Crippen molar-refractivity contribution in [3.63, 3.8) is 0 Å². The Labute approximate surface area is 178 Å². The highest BCUT2D eigenvalue weighted by Crippen LogP contribution is 2.49. The van der Waals surface area contributed by atoms with Gasteiger partial charge >= 0.3 is 5.97 Å². The molecule has 4 nitrogen and oxygen atoms in total. The second-order valence-corrected chi connectivity index (χ2v) is 7.83. The molecule has 6 heteroatoms. The van der Waals surface area contributed by atoms with Gasteiger partial charge in [0.15, 0.2) is 0 Å². The van der Waals surface area contributed by atoms with Gasteiger partial charge in [0.25, 0.3) is 0 Å². The van der Waals surface area contributed by atoms with E-state index >= 15 is 0 Å². The third-order valence-corrected chi connectivity index (χ3v) is 6.53. The fraction of sp³-hybridized carbons (Fsp3) is 0.130. The number of carbonyl (C=O) groups excluding carboxylic acids is 1. The molecule has 0 unspecified atom stereocenters. The topological polar surface area (TPSA) is 39.4 Å². The summed E-state index contributed by atoms with van der Waals surface area (Å²) < 4.78 is 12.6. The molecular formula is C23H18ClNO3S. The highest BCUT2D eigenvalue weighted by molar-refractivity contribution is 8.00. The van der Waals surface area contributed by atoms with E-state index in [2.05, 4.69) is 41.9 Å². The summed E-state index contributed by atoms with van der Waals surface area (Å²) in [5.74, 6) is 0.515. The highest BCUT2D eigenvalue weighted by atomic mass is 35.5. The number of ether oxygens (including phenoxy) is 2. The minimum Gasteiger partial charge on any atom is -1.00 e. The smallest absolute Gasteiger partial charge is 0.337 e. The molecule has 0 bridgehead atoms. The number of nitrogens with zero attached hydrogens (tertiary/aromatic N) is 1. The van der Waals surface area contributed by atoms with Crippen molar-refractivity contribution in [2.75, 3.05) is 14.2 Å². The Morgan fingerprint density at radius 1 is 0.966 bits per heavy atom. The molecule has 5 rings (SSSR count). The molecule has 0 radical (unpaired) electrons. The Morgan fingerprint density at radius 2 is 1.79 bits per heavy atom. The number of pyridine rings is 1. The molecule has 0 spiro atoms. The lowest BCUT2D eigenvalue weighted by Crippen LogP contribution is -3.00. The molecule has 3 aromatic carbocycles. The van der Waals surface area contributed by atoms with E-state index in [1.807, 2.05) is 24.3 Å². The standard InChI is InChI=1S/C23H18NO3S.ClH/c1-24-18-6-4-5-16-15-9-7-13(23(25)27-3)11-20(15)28-22(21(16)18)17-10-8-14(26-2)12-19(17)24;/h4-12H,1-3H3;1H/q+1;/p-1. The average molecular weight is 424 g/mol. The van der Waals surface area contributed by atoms with Crippen molar-refractivity contribution in [2.24, 2.45) is 7.05 Å². The lowest BCUT2D eigenvalue weighted by atomic mass is 9.97. The number of carbonyl (C=O) groups is 1. The van der Waals surface area contributed by atoms with Crippen molar-refractivity contribution in [1.82, 2.24) is 0 Å². The largest absolute Gasteiger partial charge is 1.00 e. The van der Waals surface area contributed by atoms with Crippen LogP contribution in [-0.2, 0) is 11.8 Å². The minimum absolute atomic E-state index is 0. The Kier molecular flexibility index (Phi) is 4.89. The number of benzene rings is 3. The average Bonchev–Trinajstić information content (AvgIpc) is 2.75. The zero-order valence-electron chi connectivity index (χ0n) is 16.2. The monoisotopic (exact) mass is 423 g/mol. The number of methoxy groups -OCH3 is 2. The molecule has 0 fully saturated rings. The van der Waals surface area contributed by atoms with Crippen LogP contribution in [0.15, 0.2) is 64.4 Å². The number of aryl methyl sites for hydroxylation is 1. The van der Waals surface area contributed by atoms with Crippen LogP contribution in [0.25, 0.3) is 32.9 Å². The molecular weight excluding hydrogens is 406 g/mol. The maximum absolute atomic E-state index is 12.0. The van der Waals surface area contributed by atoms with Gasteiger partial charge in [0.05, 0.1) is 36.6 Å². The van der Waals surface area contributed by atoms with Gasteiger partial charge < -0.3 is 21.9 Å². The Balaban J connectivity index is 0.00000205. The van der Waals surface area contributed by atoms with Crippen molar-refractivity contribution in [3.05, 3.63) is 60.2 Å². The predicted molar refractivity (Wildman–Crippen MR) is 110 cm³/mol. The number of fused-ring (bicyclic) bond motifs is 4. The van der Waals surface area contributed by atoms with E-state index in [4.69, 9.17) is 9.47 Å². The lowest BCUT2D eigenvalue weighted by molar-refractivity contribution is -0.617. The molecule has 1 aliphatic heterocycles. The van der Waals surface area contributed by atoms with Crippen LogP contribution in [0.4, 0.5) is 0 Å². The number of rotatable bonds is 2. The number of hydrogen-bond donors (Lipinski definition) is 0. The third kappa shape index (κ3) is 2.84. The second-order valence-electron chi connectivity index (χ2n) is 6.78. The summed E-state index contributed by atoms with van der Waals surface area (Å²) in [5, 5.41) is 2.41. The second kappa shape index (κ2) is 7.25. The van der Waals surface area contributed by atoms with E-state index < -0.39 is 0 Å². The van der Waals surface area contributed by atoms with Crippen LogP contribution in [0.1, 0.15) is 10.4 Å². The van der Waals surface area contributed by atoms with Crippen LogP contribution in [0.2, 0.25) is 0 Å². The maximum atomic E-state index is 12.0. The number of esters is 1. The van der Waals surface area contributed by atoms with Crippen molar-refractivity contribution in [1.29, 1.82) is 0 Å². The molecule has 146 valence electrons. The fourth-order valence-electron chi connectivity index (χ4n) is 3.95. The van der Waals surface area contributed by atoms with Gasteiger partial charge in [-0.3, -0.25) is 0 Å². The highest BCUT2D eigenvalue weighted by Gasteiger charge is 2.27. The summed E-state index contributed by atoms with van der Waals surface area (Å²) in [6, 6.07) is 18.3. The van der Waals surface area contributed by atoms with Gasteiger partial charge in [0, 0.05) is 15.9 Å². The van der Waals surface area contributed by atoms with Gasteiger partial charge in [0.1, 0.15) is 12.8 Å². The molecule has 0 amide bonds. The normalized spacial score (nSPS) is 11.7. The molecule has 4 aromatic rings. The molecule has 0 aliphatic carbocycles. The van der Waals surface area contributed by atoms with E-state index in [1.54, 1.807) is 18.9 Å². The molecule has 0 atom stereocenters. The summed E-state index contributed by atoms with van der Waals surface area (Å²) in [6.45, 7) is 0. The van der Waals surface area contributed by atoms with Crippen LogP contribution in [0.5, 0.6) is 5.75 Å². The SMILES string of the molecule is COC(=O)c1ccc2c(c1)Sc1c3ccc(OC)cc3[n+](C)c3cccc-2c13.[Cl-]. The maximum Gasteiger partial charge on any atom is 0.337 e. The fourth-order valence-corrected chi connectivity index (χ4v) is 5.24. The van der Waals surface area contributed by atoms with E-state index in [9.17, 15) is 4.79 Å². The van der Waals surface area contributed by atoms with Crippen LogP contribution >= 0.6 is 11.8 Å². The molecule has 0 saturated heterocycles. The number of halogens is 1. The van der Waals surface area contributed by atoms with E-state index in [1.165, 1.54) is 33.9 Å². The van der Waals surface area contributed by atoms with Crippen molar-refractivity contribution in [3.8, 4) is 16.9 Å². The van der Waals surface area contributed by atoms with E-state index in [-0.39, 0.29) is 18.4 Å². The lowest BCUT2D eigenvalue weighted by Gasteiger charge is -2.21. The Morgan fingerprint density at radius 3 is 2.55 bits per heavy atom. The molecule has 2 heterocycles. The molecule has 1 aliphatic rings. The first-order chi connectivity index (χ1) is 13.6. The van der Waals surface area contributed by atoms with Crippen LogP contribution < -0.4 is 21.7 Å². The van der Waals surface area contributed by atoms with Crippen LogP contribution in [0.3, 0.4) is 0 Å². The number of hydrogen-bond acceptors (Lipinski definition) is 4. The zero-order chi connectivity index (χ0) is 19.4. The minimum atomic E-state index is -0.318. The van der Waals surface area contributed by atoms with Crippen LogP contribution in [0, 0.1) is 0 Å². The van der Waals surface area contributed by atoms with E-state index in [0.29, 0.717) is 5.56 Å². The first kappa shape index (κ1) is 19.6. The van der Waals surface area contributed by atoms with Crippen molar-refractivity contribution >= 4 is 39.5 Å². The van der Waals surface area contributed by atoms with Crippen LogP contribution in [-0.4, -0.2) is 20.2 Å². The van der Waals surface area contributed by atoms with Crippen molar-refractivity contribution < 1.29 is 31.2 Å². The Hall–Kier alpha value is -2.76. The Bertz CT molecular complexity index is 1300. The van der Waals surface area contributed by atoms with Gasteiger partial charge in [0.2, 0.25) is 11.0 Å². The summed E-state index contributed by atoms with van der Waals surface area (Å²) in [5.41, 5.74) is 5.17. The van der Waals surface area contributed by atoms with Gasteiger partial charge in [-0.1, -0.05) is 30.0 Å². The quantitative estimate of drug-likeness (QED) is 0.246. The van der Waals surface area contributed by atoms with Gasteiger partial charge in [-0.2, -0.15) is 4.57 Å². The summed E-state index contributed by atoms with van der Waals surface area (Å²) >= 11 is 1.71. The molecule has 0 saturated carbocycles. The molecule has 0 N–H and O–H groups in total. The zero-order valence-corrected chi connectivity index (χ0v) is 17.7. The van der Waals surface area contributed by atoms with E-state index in [0.717, 1.165) is 21.7 Å². The molecule has 29 heavy (non-hydrogen) atoms. The first-order valence-corrected chi connectivity index (χ1v) is 9.77. The van der Waals surface area contributed by atoms with Gasteiger partial charge in [-0.15, -0.1) is 0 Å². The summed E-state index contributed by atoms with van der Waals surface area (Å²) in [7, 11) is 5.18. The predicted octanol–water partition coefficient (Wildman–Crippen LogP) is 1.75. The summed E-state index contributed by atoms with van der Waals surface area (Å²) in [4.78, 5) is 14.3. The number of aromatic nitrogens is 1. The molecule has 1 aromatic heterocycles. The first-order valence-electron chi connectivity index (χ1n) is 8.95. The van der Waals surface area contributed by atoms with Gasteiger partial charge in [-0.05, 0) is 35.4 Å². The van der Waals surface area contributed by atoms with Gasteiger partial charge in [-0.25, -0.2) is 4.79 Å².